The lowest BCUT2D eigenvalue weighted by atomic mass is 10.1. The van der Waals surface area contributed by atoms with Crippen LogP contribution in [0.15, 0.2) is 23.2 Å². The Bertz CT molecular complexity index is 500. The zero-order valence-corrected chi connectivity index (χ0v) is 13.2. The van der Waals surface area contributed by atoms with Crippen LogP contribution < -0.4 is 11.1 Å². The molecule has 0 saturated carbocycles. The standard InChI is InChI=1S/C13H24N4O2S/c1-11(9-14)5-4-8-15-13-7-6-12(10-16-13)20(18,19)17(2)3/h6-7,10-11H,4-5,8-9,14H2,1-3H3,(H,15,16). The number of aromatic nitrogens is 1. The quantitative estimate of drug-likeness (QED) is 0.702. The summed E-state index contributed by atoms with van der Waals surface area (Å²) in [5.74, 6) is 1.21. The van der Waals surface area contributed by atoms with Gasteiger partial charge in [0.05, 0.1) is 0 Å². The van der Waals surface area contributed by atoms with Gasteiger partial charge in [-0.2, -0.15) is 0 Å². The second kappa shape index (κ2) is 7.56. The molecule has 7 heteroatoms. The van der Waals surface area contributed by atoms with E-state index in [0.717, 1.165) is 19.4 Å². The fourth-order valence-electron chi connectivity index (χ4n) is 1.63. The Morgan fingerprint density at radius 1 is 1.40 bits per heavy atom. The van der Waals surface area contributed by atoms with Gasteiger partial charge in [-0.05, 0) is 37.4 Å². The van der Waals surface area contributed by atoms with Gasteiger partial charge < -0.3 is 11.1 Å². The third kappa shape index (κ3) is 4.73. The van der Waals surface area contributed by atoms with Crippen molar-refractivity contribution in [3.63, 3.8) is 0 Å². The molecule has 20 heavy (non-hydrogen) atoms. The third-order valence-electron chi connectivity index (χ3n) is 3.10. The number of sulfonamides is 1. The van der Waals surface area contributed by atoms with E-state index in [9.17, 15) is 8.42 Å². The highest BCUT2D eigenvalue weighted by molar-refractivity contribution is 7.89. The summed E-state index contributed by atoms with van der Waals surface area (Å²) in [4.78, 5) is 4.32. The molecular weight excluding hydrogens is 276 g/mol. The zero-order valence-electron chi connectivity index (χ0n) is 12.3. The predicted octanol–water partition coefficient (Wildman–Crippen LogP) is 1.12. The zero-order chi connectivity index (χ0) is 15.2. The van der Waals surface area contributed by atoms with Crippen molar-refractivity contribution >= 4 is 15.8 Å². The summed E-state index contributed by atoms with van der Waals surface area (Å²) in [6, 6.07) is 3.25. The smallest absolute Gasteiger partial charge is 0.244 e. The van der Waals surface area contributed by atoms with Gasteiger partial charge in [0.1, 0.15) is 10.7 Å². The Morgan fingerprint density at radius 2 is 2.10 bits per heavy atom. The van der Waals surface area contributed by atoms with Gasteiger partial charge in [-0.3, -0.25) is 0 Å². The van der Waals surface area contributed by atoms with Crippen molar-refractivity contribution in [2.45, 2.75) is 24.7 Å². The molecule has 0 saturated heterocycles. The van der Waals surface area contributed by atoms with Crippen molar-refractivity contribution in [1.29, 1.82) is 0 Å². The Kier molecular flexibility index (Phi) is 6.38. The van der Waals surface area contributed by atoms with Crippen molar-refractivity contribution in [3.8, 4) is 0 Å². The van der Waals surface area contributed by atoms with Gasteiger partial charge >= 0.3 is 0 Å². The monoisotopic (exact) mass is 300 g/mol. The molecule has 6 nitrogen and oxygen atoms in total. The molecule has 0 amide bonds. The molecule has 0 fully saturated rings. The van der Waals surface area contributed by atoms with Crippen LogP contribution in [0.25, 0.3) is 0 Å². The molecule has 114 valence electrons. The summed E-state index contributed by atoms with van der Waals surface area (Å²) < 4.78 is 24.9. The first kappa shape index (κ1) is 16.9. The van der Waals surface area contributed by atoms with E-state index in [1.807, 2.05) is 0 Å². The summed E-state index contributed by atoms with van der Waals surface area (Å²) in [6.07, 6.45) is 3.45. The van der Waals surface area contributed by atoms with E-state index in [2.05, 4.69) is 17.2 Å². The van der Waals surface area contributed by atoms with E-state index in [0.29, 0.717) is 18.3 Å². The molecule has 0 spiro atoms. The summed E-state index contributed by atoms with van der Waals surface area (Å²) >= 11 is 0. The van der Waals surface area contributed by atoms with Crippen molar-refractivity contribution in [2.75, 3.05) is 32.5 Å². The Morgan fingerprint density at radius 3 is 2.60 bits per heavy atom. The molecule has 0 bridgehead atoms. The average molecular weight is 300 g/mol. The number of pyridine rings is 1. The molecule has 0 aliphatic rings. The van der Waals surface area contributed by atoms with E-state index in [-0.39, 0.29) is 4.90 Å². The maximum absolute atomic E-state index is 11.9. The van der Waals surface area contributed by atoms with Crippen LogP contribution in [0.2, 0.25) is 0 Å². The molecule has 1 unspecified atom stereocenters. The number of hydrogen-bond donors (Lipinski definition) is 2. The van der Waals surface area contributed by atoms with Crippen LogP contribution in [0.4, 0.5) is 5.82 Å². The van der Waals surface area contributed by atoms with Crippen molar-refractivity contribution in [1.82, 2.24) is 9.29 Å². The van der Waals surface area contributed by atoms with Gasteiger partial charge in [-0.1, -0.05) is 6.92 Å². The second-order valence-corrected chi connectivity index (χ2v) is 7.23. The fraction of sp³-hybridized carbons (Fsp3) is 0.615. The molecule has 1 aromatic heterocycles. The molecule has 1 heterocycles. The Labute approximate surface area is 121 Å². The molecule has 1 rings (SSSR count). The number of nitrogens with zero attached hydrogens (tertiary/aromatic N) is 2. The topological polar surface area (TPSA) is 88.3 Å². The lowest BCUT2D eigenvalue weighted by molar-refractivity contribution is 0.520. The van der Waals surface area contributed by atoms with Gasteiger partial charge in [0.2, 0.25) is 10.0 Å². The van der Waals surface area contributed by atoms with Crippen LogP contribution in [0, 0.1) is 5.92 Å². The van der Waals surface area contributed by atoms with Crippen molar-refractivity contribution in [2.24, 2.45) is 11.7 Å². The van der Waals surface area contributed by atoms with E-state index >= 15 is 0 Å². The Hall–Kier alpha value is -1.18. The number of hydrogen-bond acceptors (Lipinski definition) is 5. The third-order valence-corrected chi connectivity index (χ3v) is 4.90. The van der Waals surface area contributed by atoms with Gasteiger partial charge in [0.25, 0.3) is 0 Å². The molecule has 1 aromatic rings. The van der Waals surface area contributed by atoms with Gasteiger partial charge in [-0.25, -0.2) is 17.7 Å². The minimum Gasteiger partial charge on any atom is -0.370 e. The first-order valence-electron chi connectivity index (χ1n) is 6.70. The van der Waals surface area contributed by atoms with Crippen LogP contribution in [-0.2, 0) is 10.0 Å². The number of rotatable bonds is 8. The highest BCUT2D eigenvalue weighted by Gasteiger charge is 2.17. The van der Waals surface area contributed by atoms with E-state index in [1.54, 1.807) is 12.1 Å². The predicted molar refractivity (Wildman–Crippen MR) is 81.1 cm³/mol. The number of anilines is 1. The van der Waals surface area contributed by atoms with Gasteiger partial charge in [0.15, 0.2) is 0 Å². The van der Waals surface area contributed by atoms with Gasteiger partial charge in [-0.15, -0.1) is 0 Å². The van der Waals surface area contributed by atoms with Crippen LogP contribution in [0.3, 0.4) is 0 Å². The van der Waals surface area contributed by atoms with Crippen LogP contribution >= 0.6 is 0 Å². The molecule has 0 aromatic carbocycles. The number of nitrogens with one attached hydrogen (secondary N) is 1. The minimum absolute atomic E-state index is 0.199. The highest BCUT2D eigenvalue weighted by atomic mass is 32.2. The number of nitrogens with two attached hydrogens (primary N) is 1. The van der Waals surface area contributed by atoms with Crippen LogP contribution in [0.1, 0.15) is 19.8 Å². The maximum atomic E-state index is 11.9. The largest absolute Gasteiger partial charge is 0.370 e. The summed E-state index contributed by atoms with van der Waals surface area (Å²) in [5, 5.41) is 3.17. The summed E-state index contributed by atoms with van der Waals surface area (Å²) in [5.41, 5.74) is 5.55. The lowest BCUT2D eigenvalue weighted by Crippen LogP contribution is -2.22. The second-order valence-electron chi connectivity index (χ2n) is 5.08. The molecule has 0 radical (unpaired) electrons. The van der Waals surface area contributed by atoms with E-state index < -0.39 is 10.0 Å². The lowest BCUT2D eigenvalue weighted by Gasteiger charge is -2.12. The minimum atomic E-state index is -3.40. The van der Waals surface area contributed by atoms with E-state index in [4.69, 9.17) is 5.73 Å². The molecule has 1 atom stereocenters. The average Bonchev–Trinajstić information content (AvgIpc) is 2.43. The van der Waals surface area contributed by atoms with E-state index in [1.165, 1.54) is 24.6 Å². The summed E-state index contributed by atoms with van der Waals surface area (Å²) in [6.45, 7) is 3.63. The normalized spacial score (nSPS) is 13.4. The van der Waals surface area contributed by atoms with Crippen LogP contribution in [-0.4, -0.2) is 44.9 Å². The molecular formula is C13H24N4O2S. The first-order chi connectivity index (χ1) is 9.37. The highest BCUT2D eigenvalue weighted by Crippen LogP contribution is 2.14. The Balaban J connectivity index is 2.52. The van der Waals surface area contributed by atoms with Gasteiger partial charge in [0, 0.05) is 26.8 Å². The SMILES string of the molecule is CC(CN)CCCNc1ccc(S(=O)(=O)N(C)C)cn1. The van der Waals surface area contributed by atoms with Crippen LogP contribution in [0.5, 0.6) is 0 Å². The molecule has 0 aliphatic heterocycles. The summed E-state index contributed by atoms with van der Waals surface area (Å²) in [7, 11) is -0.404. The molecule has 0 aliphatic carbocycles. The maximum Gasteiger partial charge on any atom is 0.244 e. The molecule has 3 N–H and O–H groups in total. The first-order valence-corrected chi connectivity index (χ1v) is 8.14. The fourth-order valence-corrected chi connectivity index (χ4v) is 2.48. The van der Waals surface area contributed by atoms with Crippen molar-refractivity contribution in [3.05, 3.63) is 18.3 Å². The van der Waals surface area contributed by atoms with Crippen molar-refractivity contribution < 1.29 is 8.42 Å².